The number of aromatic nitrogens is 1. The van der Waals surface area contributed by atoms with Gasteiger partial charge in [-0.1, -0.05) is 18.6 Å². The first-order chi connectivity index (χ1) is 16.2. The Bertz CT molecular complexity index is 1180. The molecule has 1 unspecified atom stereocenters. The molecule has 1 aromatic carbocycles. The minimum Gasteiger partial charge on any atom is -0.507 e. The number of hydrogen-bond donors (Lipinski definition) is 2. The number of hydrogen-bond acceptors (Lipinski definition) is 6. The van der Waals surface area contributed by atoms with Gasteiger partial charge in [0.25, 0.3) is 17.4 Å². The highest BCUT2D eigenvalue weighted by atomic mass is 16.6. The predicted octanol–water partition coefficient (Wildman–Crippen LogP) is 3.76. The molecule has 1 amide bonds. The van der Waals surface area contributed by atoms with Gasteiger partial charge in [-0.2, -0.15) is 0 Å². The quantitative estimate of drug-likeness (QED) is 0.220. The van der Waals surface area contributed by atoms with E-state index in [4.69, 9.17) is 0 Å². The summed E-state index contributed by atoms with van der Waals surface area (Å²) in [6.45, 7) is 8.26. The Balaban J connectivity index is 1.82. The molecule has 0 bridgehead atoms. The number of carbonyl (C=O) groups excluding carboxylic acids is 2. The van der Waals surface area contributed by atoms with Crippen molar-refractivity contribution in [2.75, 3.05) is 26.2 Å². The maximum Gasteiger partial charge on any atom is 0.295 e. The fourth-order valence-electron chi connectivity index (χ4n) is 5.09. The number of aryl methyl sites for hydroxylation is 2. The number of amides is 1. The van der Waals surface area contributed by atoms with Gasteiger partial charge in [0, 0.05) is 42.2 Å². The van der Waals surface area contributed by atoms with E-state index in [2.05, 4.69) is 9.88 Å². The number of nitro groups is 1. The molecule has 0 aliphatic carbocycles. The van der Waals surface area contributed by atoms with Gasteiger partial charge in [0.15, 0.2) is 0 Å². The molecule has 1 atom stereocenters. The molecule has 2 aromatic rings. The van der Waals surface area contributed by atoms with Gasteiger partial charge in [0.2, 0.25) is 0 Å². The van der Waals surface area contributed by atoms with E-state index in [1.165, 1.54) is 29.5 Å². The minimum absolute atomic E-state index is 0.0330. The van der Waals surface area contributed by atoms with E-state index in [1.807, 2.05) is 13.8 Å². The van der Waals surface area contributed by atoms with E-state index >= 15 is 0 Å². The number of H-pyrrole nitrogens is 1. The van der Waals surface area contributed by atoms with Gasteiger partial charge in [-0.15, -0.1) is 0 Å². The highest BCUT2D eigenvalue weighted by Crippen LogP contribution is 2.41. The molecule has 9 heteroatoms. The van der Waals surface area contributed by atoms with E-state index in [1.54, 1.807) is 13.0 Å². The molecule has 180 valence electrons. The Labute approximate surface area is 198 Å². The SMILES string of the molecule is Cc1[nH]c(C)c(/C(O)=C2\C(=O)C(=O)N(CCN3CCCCC3)C2c2cccc([N+](=O)[O-])c2)c1C. The number of nitro benzene ring substituents is 1. The molecular formula is C25H30N4O5. The van der Waals surface area contributed by atoms with Gasteiger partial charge < -0.3 is 19.9 Å². The maximum absolute atomic E-state index is 13.2. The molecule has 1 aromatic heterocycles. The zero-order valence-electron chi connectivity index (χ0n) is 19.8. The van der Waals surface area contributed by atoms with E-state index < -0.39 is 22.7 Å². The number of ketones is 1. The lowest BCUT2D eigenvalue weighted by molar-refractivity contribution is -0.384. The standard InChI is InChI=1S/C25H30N4O5/c1-15-16(2)26-17(3)20(15)23(30)21-22(18-8-7-9-19(14-18)29(33)34)28(25(32)24(21)31)13-12-27-10-5-4-6-11-27/h7-9,14,22,26,30H,4-6,10-13H2,1-3H3/b23-21+. The van der Waals surface area contributed by atoms with Crippen LogP contribution in [0.25, 0.3) is 5.76 Å². The van der Waals surface area contributed by atoms with Crippen molar-refractivity contribution in [3.05, 3.63) is 68.0 Å². The van der Waals surface area contributed by atoms with Crippen molar-refractivity contribution in [1.82, 2.24) is 14.8 Å². The van der Waals surface area contributed by atoms with Crippen molar-refractivity contribution >= 4 is 23.1 Å². The van der Waals surface area contributed by atoms with Crippen molar-refractivity contribution < 1.29 is 19.6 Å². The molecule has 9 nitrogen and oxygen atoms in total. The number of nitrogens with zero attached hydrogens (tertiary/aromatic N) is 3. The number of aliphatic hydroxyl groups is 1. The molecule has 34 heavy (non-hydrogen) atoms. The van der Waals surface area contributed by atoms with Crippen LogP contribution in [0.1, 0.15) is 53.4 Å². The van der Waals surface area contributed by atoms with Crippen LogP contribution in [0.4, 0.5) is 5.69 Å². The lowest BCUT2D eigenvalue weighted by atomic mass is 9.94. The van der Waals surface area contributed by atoms with Crippen molar-refractivity contribution in [2.24, 2.45) is 0 Å². The van der Waals surface area contributed by atoms with E-state index in [0.29, 0.717) is 29.9 Å². The number of aliphatic hydroxyl groups excluding tert-OH is 1. The van der Waals surface area contributed by atoms with Crippen LogP contribution in [0.2, 0.25) is 0 Å². The summed E-state index contributed by atoms with van der Waals surface area (Å²) < 4.78 is 0. The fraction of sp³-hybridized carbons (Fsp3) is 0.440. The molecule has 3 heterocycles. The third-order valence-electron chi connectivity index (χ3n) is 6.97. The van der Waals surface area contributed by atoms with Crippen LogP contribution in [0.3, 0.4) is 0 Å². The lowest BCUT2D eigenvalue weighted by Crippen LogP contribution is -2.40. The predicted molar refractivity (Wildman–Crippen MR) is 127 cm³/mol. The normalized spacial score (nSPS) is 20.8. The summed E-state index contributed by atoms with van der Waals surface area (Å²) in [5.41, 5.74) is 3.07. The number of likely N-dealkylation sites (tertiary alicyclic amines) is 2. The minimum atomic E-state index is -0.904. The first-order valence-corrected chi connectivity index (χ1v) is 11.6. The number of non-ortho nitro benzene ring substituents is 1. The Morgan fingerprint density at radius 2 is 1.82 bits per heavy atom. The molecule has 2 aliphatic rings. The zero-order chi connectivity index (χ0) is 24.6. The summed E-state index contributed by atoms with van der Waals surface area (Å²) in [5, 5.41) is 22.8. The molecule has 0 radical (unpaired) electrons. The summed E-state index contributed by atoms with van der Waals surface area (Å²) >= 11 is 0. The van der Waals surface area contributed by atoms with Crippen LogP contribution in [0.15, 0.2) is 29.8 Å². The molecule has 4 rings (SSSR count). The Morgan fingerprint density at radius 3 is 2.44 bits per heavy atom. The Hall–Kier alpha value is -3.46. The molecular weight excluding hydrogens is 436 g/mol. The summed E-state index contributed by atoms with van der Waals surface area (Å²) in [5.74, 6) is -1.72. The molecule has 2 aliphatic heterocycles. The fourth-order valence-corrected chi connectivity index (χ4v) is 5.09. The summed E-state index contributed by atoms with van der Waals surface area (Å²) in [6, 6.07) is 5.04. The van der Waals surface area contributed by atoms with Gasteiger partial charge in [0.1, 0.15) is 5.76 Å². The monoisotopic (exact) mass is 466 g/mol. The van der Waals surface area contributed by atoms with Crippen LogP contribution in [-0.4, -0.2) is 62.7 Å². The molecule has 0 saturated carbocycles. The second-order valence-electron chi connectivity index (χ2n) is 9.12. The van der Waals surface area contributed by atoms with Crippen LogP contribution >= 0.6 is 0 Å². The number of benzene rings is 1. The average Bonchev–Trinajstić information content (AvgIpc) is 3.23. The lowest BCUT2D eigenvalue weighted by Gasteiger charge is -2.31. The number of rotatable bonds is 6. The van der Waals surface area contributed by atoms with E-state index in [-0.39, 0.29) is 17.0 Å². The van der Waals surface area contributed by atoms with Crippen molar-refractivity contribution in [1.29, 1.82) is 0 Å². The van der Waals surface area contributed by atoms with Gasteiger partial charge in [-0.3, -0.25) is 19.7 Å². The number of nitrogens with one attached hydrogen (secondary N) is 1. The Morgan fingerprint density at radius 1 is 1.12 bits per heavy atom. The average molecular weight is 467 g/mol. The van der Waals surface area contributed by atoms with Crippen LogP contribution in [-0.2, 0) is 9.59 Å². The van der Waals surface area contributed by atoms with Gasteiger partial charge >= 0.3 is 0 Å². The number of piperidine rings is 1. The number of Topliss-reactive ketones (excluding diaryl/α,β-unsaturated/α-hetero) is 1. The van der Waals surface area contributed by atoms with Gasteiger partial charge in [-0.25, -0.2) is 0 Å². The highest BCUT2D eigenvalue weighted by molar-refractivity contribution is 6.46. The number of carbonyl (C=O) groups is 2. The molecule has 2 fully saturated rings. The summed E-state index contributed by atoms with van der Waals surface area (Å²) in [6.07, 6.45) is 3.38. The first kappa shape index (κ1) is 23.7. The van der Waals surface area contributed by atoms with Gasteiger partial charge in [-0.05, 0) is 57.8 Å². The van der Waals surface area contributed by atoms with Crippen LogP contribution in [0, 0.1) is 30.9 Å². The first-order valence-electron chi connectivity index (χ1n) is 11.6. The smallest absolute Gasteiger partial charge is 0.295 e. The summed E-state index contributed by atoms with van der Waals surface area (Å²) in [4.78, 5) is 44.2. The van der Waals surface area contributed by atoms with Crippen molar-refractivity contribution in [3.8, 4) is 0 Å². The van der Waals surface area contributed by atoms with Gasteiger partial charge in [0.05, 0.1) is 16.5 Å². The number of aromatic amines is 1. The largest absolute Gasteiger partial charge is 0.507 e. The summed E-state index contributed by atoms with van der Waals surface area (Å²) in [7, 11) is 0. The van der Waals surface area contributed by atoms with E-state index in [0.717, 1.165) is 37.2 Å². The maximum atomic E-state index is 13.2. The Kier molecular flexibility index (Phi) is 6.56. The molecule has 2 saturated heterocycles. The second kappa shape index (κ2) is 9.42. The zero-order valence-corrected chi connectivity index (χ0v) is 19.8. The molecule has 2 N–H and O–H groups in total. The highest BCUT2D eigenvalue weighted by Gasteiger charge is 2.46. The molecule has 0 spiro atoms. The van der Waals surface area contributed by atoms with Crippen LogP contribution < -0.4 is 0 Å². The third-order valence-corrected chi connectivity index (χ3v) is 6.97. The van der Waals surface area contributed by atoms with Crippen LogP contribution in [0.5, 0.6) is 0 Å². The second-order valence-corrected chi connectivity index (χ2v) is 9.12. The topological polar surface area (TPSA) is 120 Å². The van der Waals surface area contributed by atoms with Crippen molar-refractivity contribution in [3.63, 3.8) is 0 Å². The van der Waals surface area contributed by atoms with Crippen molar-refractivity contribution in [2.45, 2.75) is 46.1 Å². The third kappa shape index (κ3) is 4.23. The van der Waals surface area contributed by atoms with E-state index in [9.17, 15) is 24.8 Å².